The van der Waals surface area contributed by atoms with Crippen LogP contribution in [0.1, 0.15) is 0 Å². The highest BCUT2D eigenvalue weighted by Gasteiger charge is 2.15. The Morgan fingerprint density at radius 3 is 3.00 bits per heavy atom. The molecule has 1 radical (unpaired) electrons. The molecule has 0 saturated heterocycles. The molecular formula is C6H6N5O. The summed E-state index contributed by atoms with van der Waals surface area (Å²) >= 11 is 0. The fraction of sp³-hybridized carbons (Fsp3) is 0.167. The number of hydrogen-bond donors (Lipinski definition) is 1. The minimum atomic E-state index is 0.209. The Labute approximate surface area is 68.5 Å². The largest absolute Gasteiger partial charge is 0.467 e. The Bertz CT molecular complexity index is 348. The van der Waals surface area contributed by atoms with Crippen LogP contribution in [0.15, 0.2) is 4.99 Å². The van der Waals surface area contributed by atoms with E-state index in [0.29, 0.717) is 11.5 Å². The Balaban J connectivity index is 2.56. The van der Waals surface area contributed by atoms with E-state index in [0.717, 1.165) is 0 Å². The lowest BCUT2D eigenvalue weighted by atomic mass is 10.4. The Morgan fingerprint density at radius 1 is 1.42 bits per heavy atom. The quantitative estimate of drug-likeness (QED) is 0.631. The van der Waals surface area contributed by atoms with Crippen molar-refractivity contribution in [2.45, 2.75) is 0 Å². The van der Waals surface area contributed by atoms with Crippen molar-refractivity contribution in [2.75, 3.05) is 12.8 Å². The van der Waals surface area contributed by atoms with Gasteiger partial charge in [0.05, 0.1) is 7.11 Å². The first kappa shape index (κ1) is 6.84. The maximum atomic E-state index is 5.54. The van der Waals surface area contributed by atoms with Gasteiger partial charge in [-0.25, -0.2) is 10.3 Å². The number of nitrogens with zero attached hydrogens (tertiary/aromatic N) is 4. The lowest BCUT2D eigenvalue weighted by Crippen LogP contribution is -1.99. The van der Waals surface area contributed by atoms with Crippen LogP contribution >= 0.6 is 0 Å². The zero-order valence-electron chi connectivity index (χ0n) is 6.35. The lowest BCUT2D eigenvalue weighted by Gasteiger charge is -2.01. The molecule has 0 amide bonds. The predicted octanol–water partition coefficient (Wildman–Crippen LogP) is -0.0233. The molecular weight excluding hydrogens is 158 g/mol. The molecule has 0 bridgehead atoms. The first-order valence-electron chi connectivity index (χ1n) is 3.26. The molecule has 1 aliphatic rings. The van der Waals surface area contributed by atoms with Gasteiger partial charge in [0, 0.05) is 0 Å². The highest BCUT2D eigenvalue weighted by molar-refractivity contribution is 5.84. The Hall–Kier alpha value is -1.85. The van der Waals surface area contributed by atoms with Gasteiger partial charge in [-0.2, -0.15) is 9.97 Å². The van der Waals surface area contributed by atoms with Crippen molar-refractivity contribution in [1.29, 1.82) is 0 Å². The van der Waals surface area contributed by atoms with E-state index in [-0.39, 0.29) is 11.8 Å². The highest BCUT2D eigenvalue weighted by atomic mass is 16.5. The topological polar surface area (TPSA) is 87.5 Å². The summed E-state index contributed by atoms with van der Waals surface area (Å²) in [4.78, 5) is 11.6. The second-order valence-corrected chi connectivity index (χ2v) is 2.14. The fourth-order valence-corrected chi connectivity index (χ4v) is 0.886. The number of anilines is 1. The summed E-state index contributed by atoms with van der Waals surface area (Å²) in [6.45, 7) is 0. The van der Waals surface area contributed by atoms with Gasteiger partial charge in [-0.15, -0.1) is 0 Å². The molecule has 6 nitrogen and oxygen atoms in total. The summed E-state index contributed by atoms with van der Waals surface area (Å²) in [5, 5.41) is 3.87. The van der Waals surface area contributed by atoms with Crippen LogP contribution in [0.3, 0.4) is 0 Å². The molecule has 0 atom stereocenters. The van der Waals surface area contributed by atoms with Crippen molar-refractivity contribution in [3.63, 3.8) is 0 Å². The molecule has 0 fully saturated rings. The molecule has 0 spiro atoms. The Morgan fingerprint density at radius 2 is 2.25 bits per heavy atom. The van der Waals surface area contributed by atoms with Crippen molar-refractivity contribution < 1.29 is 4.74 Å². The molecule has 2 heterocycles. The summed E-state index contributed by atoms with van der Waals surface area (Å²) in [5.74, 6) is 0.744. The average Bonchev–Trinajstić information content (AvgIpc) is 2.52. The van der Waals surface area contributed by atoms with Gasteiger partial charge in [0.25, 0.3) is 0 Å². The van der Waals surface area contributed by atoms with E-state index in [1.807, 2.05) is 0 Å². The second-order valence-electron chi connectivity index (χ2n) is 2.14. The smallest absolute Gasteiger partial charge is 0.320 e. The second kappa shape index (κ2) is 2.33. The summed E-state index contributed by atoms with van der Waals surface area (Å²) in [6.07, 6.45) is 1.38. The summed E-state index contributed by atoms with van der Waals surface area (Å²) in [5.41, 5.74) is 6.05. The number of aromatic nitrogens is 2. The molecule has 12 heavy (non-hydrogen) atoms. The van der Waals surface area contributed by atoms with Crippen LogP contribution in [0.2, 0.25) is 0 Å². The highest BCUT2D eigenvalue weighted by Crippen LogP contribution is 2.32. The van der Waals surface area contributed by atoms with E-state index >= 15 is 0 Å². The fourth-order valence-electron chi connectivity index (χ4n) is 0.886. The van der Waals surface area contributed by atoms with Gasteiger partial charge in [-0.3, -0.25) is 0 Å². The van der Waals surface area contributed by atoms with Crippen molar-refractivity contribution in [3.8, 4) is 6.01 Å². The van der Waals surface area contributed by atoms with Crippen LogP contribution in [-0.4, -0.2) is 23.4 Å². The number of hydrogen-bond acceptors (Lipinski definition) is 5. The first-order chi connectivity index (χ1) is 5.81. The van der Waals surface area contributed by atoms with Gasteiger partial charge in [-0.1, -0.05) is 0 Å². The van der Waals surface area contributed by atoms with Gasteiger partial charge in [0.15, 0.2) is 17.3 Å². The molecule has 2 rings (SSSR count). The van der Waals surface area contributed by atoms with Crippen LogP contribution in [0.25, 0.3) is 0 Å². The summed E-state index contributed by atoms with van der Waals surface area (Å²) in [7, 11) is 1.47. The Kier molecular flexibility index (Phi) is 1.33. The number of nitrogen functional groups attached to an aromatic ring is 1. The van der Waals surface area contributed by atoms with Gasteiger partial charge >= 0.3 is 6.01 Å². The summed E-state index contributed by atoms with van der Waals surface area (Å²) < 4.78 is 4.80. The summed E-state index contributed by atoms with van der Waals surface area (Å²) in [6, 6.07) is 0.209. The third-order valence-electron chi connectivity index (χ3n) is 1.42. The molecule has 1 aliphatic heterocycles. The van der Waals surface area contributed by atoms with Crippen LogP contribution in [0, 0.1) is 0 Å². The van der Waals surface area contributed by atoms with Crippen LogP contribution in [0.5, 0.6) is 6.01 Å². The molecule has 0 aromatic carbocycles. The van der Waals surface area contributed by atoms with Crippen molar-refractivity contribution in [2.24, 2.45) is 4.99 Å². The van der Waals surface area contributed by atoms with E-state index in [4.69, 9.17) is 10.5 Å². The van der Waals surface area contributed by atoms with Crippen molar-refractivity contribution >= 4 is 23.7 Å². The van der Waals surface area contributed by atoms with Crippen LogP contribution in [0.4, 0.5) is 17.3 Å². The van der Waals surface area contributed by atoms with E-state index in [1.54, 1.807) is 0 Å². The van der Waals surface area contributed by atoms with E-state index < -0.39 is 0 Å². The molecule has 0 saturated carbocycles. The van der Waals surface area contributed by atoms with Gasteiger partial charge < -0.3 is 10.5 Å². The maximum absolute atomic E-state index is 5.54. The molecule has 0 aliphatic carbocycles. The molecule has 61 valence electrons. The van der Waals surface area contributed by atoms with Crippen molar-refractivity contribution in [3.05, 3.63) is 0 Å². The number of methoxy groups -OCH3 is 1. The molecule has 0 unspecified atom stereocenters. The number of nitrogens with two attached hydrogens (primary N) is 1. The number of ether oxygens (including phenoxy) is 1. The maximum Gasteiger partial charge on any atom is 0.320 e. The minimum Gasteiger partial charge on any atom is -0.467 e. The zero-order valence-corrected chi connectivity index (χ0v) is 6.35. The van der Waals surface area contributed by atoms with E-state index in [2.05, 4.69) is 20.3 Å². The predicted molar refractivity (Wildman–Crippen MR) is 42.9 cm³/mol. The standard InChI is InChI=1S/C6H6N5O/c1-12-6-10-4(7)3-5(11-6)9-2-8-3/h2H,1H3,(H2,7,10,11). The van der Waals surface area contributed by atoms with Crippen molar-refractivity contribution in [1.82, 2.24) is 15.3 Å². The van der Waals surface area contributed by atoms with Gasteiger partial charge in [-0.05, 0) is 0 Å². The monoisotopic (exact) mass is 164 g/mol. The number of rotatable bonds is 1. The van der Waals surface area contributed by atoms with Crippen LogP contribution in [-0.2, 0) is 0 Å². The normalized spacial score (nSPS) is 12.4. The molecule has 1 aromatic heterocycles. The third kappa shape index (κ3) is 0.849. The zero-order chi connectivity index (χ0) is 8.55. The number of aliphatic imine (C=N–C) groups is 1. The SMILES string of the molecule is COc1nc(N)c2c(n1)[N]C=N2. The molecule has 2 N–H and O–H groups in total. The van der Waals surface area contributed by atoms with Gasteiger partial charge in [0.2, 0.25) is 0 Å². The third-order valence-corrected chi connectivity index (χ3v) is 1.42. The molecule has 6 heteroatoms. The van der Waals surface area contributed by atoms with Gasteiger partial charge in [0.1, 0.15) is 6.34 Å². The van der Waals surface area contributed by atoms with Crippen LogP contribution < -0.4 is 15.8 Å². The van der Waals surface area contributed by atoms with E-state index in [1.165, 1.54) is 13.4 Å². The minimum absolute atomic E-state index is 0.209. The molecule has 1 aromatic rings. The average molecular weight is 164 g/mol. The number of fused-ring (bicyclic) bond motifs is 1. The first-order valence-corrected chi connectivity index (χ1v) is 3.26. The van der Waals surface area contributed by atoms with E-state index in [9.17, 15) is 0 Å². The lowest BCUT2D eigenvalue weighted by molar-refractivity contribution is 0.381.